The van der Waals surface area contributed by atoms with E-state index in [1.165, 1.54) is 12.1 Å². The van der Waals surface area contributed by atoms with Crippen LogP contribution in [0.2, 0.25) is 20.1 Å². The van der Waals surface area contributed by atoms with Crippen LogP contribution < -0.4 is 9.47 Å². The predicted molar refractivity (Wildman–Crippen MR) is 143 cm³/mol. The monoisotopic (exact) mass is 785 g/mol. The van der Waals surface area contributed by atoms with Gasteiger partial charge in [0, 0.05) is 7.14 Å². The molecule has 3 aromatic rings. The van der Waals surface area contributed by atoms with Crippen molar-refractivity contribution in [3.05, 3.63) is 80.8 Å². The number of benzene rings is 3. The molecular formula is C20H7Cl4I2O7S-. The van der Waals surface area contributed by atoms with Gasteiger partial charge in [0.2, 0.25) is 0 Å². The number of carbonyl (C=O) groups is 2. The predicted octanol–water partition coefficient (Wildman–Crippen LogP) is 6.85. The molecule has 0 saturated heterocycles. The lowest BCUT2D eigenvalue weighted by Crippen LogP contribution is -2.19. The fourth-order valence-electron chi connectivity index (χ4n) is 2.65. The van der Waals surface area contributed by atoms with Gasteiger partial charge in [-0.25, -0.2) is 18.0 Å². The molecule has 0 aromatic heterocycles. The molecule has 0 spiro atoms. The fraction of sp³-hybridized carbons (Fsp3) is 0. The average molecular weight is 787 g/mol. The molecule has 34 heavy (non-hydrogen) atoms. The number of halogens is 6. The molecule has 178 valence electrons. The van der Waals surface area contributed by atoms with E-state index in [4.69, 9.17) is 55.9 Å². The molecule has 0 atom stereocenters. The maximum Gasteiger partial charge on any atom is 0.346 e. The molecule has 0 aliphatic rings. The van der Waals surface area contributed by atoms with Crippen molar-refractivity contribution in [2.24, 2.45) is 0 Å². The standard InChI is InChI=1S/C20H8Cl4I2O7S/c21-14-12(19(27)32-8-4-2-1-3-5-8)13(15(22)17(24)16(14)23)20(28)33-9-6-10(25)18(11(26)7-9)34(29,30)31/h1-7H,(H,29,30,31)/p-1. The highest BCUT2D eigenvalue weighted by molar-refractivity contribution is 14.1. The van der Waals surface area contributed by atoms with Crippen LogP contribution >= 0.6 is 91.6 Å². The smallest absolute Gasteiger partial charge is 0.346 e. The van der Waals surface area contributed by atoms with Crippen molar-refractivity contribution in [3.8, 4) is 11.5 Å². The Labute approximate surface area is 240 Å². The maximum atomic E-state index is 13.1. The van der Waals surface area contributed by atoms with E-state index in [0.717, 1.165) is 12.1 Å². The lowest BCUT2D eigenvalue weighted by molar-refractivity contribution is 0.0692. The zero-order valence-electron chi connectivity index (χ0n) is 16.1. The second kappa shape index (κ2) is 11.0. The number of hydrogen-bond donors (Lipinski definition) is 0. The quantitative estimate of drug-likeness (QED) is 0.0695. The van der Waals surface area contributed by atoms with Crippen LogP contribution in [-0.2, 0) is 10.1 Å². The lowest BCUT2D eigenvalue weighted by Gasteiger charge is -2.16. The van der Waals surface area contributed by atoms with Crippen LogP contribution in [0, 0.1) is 7.14 Å². The van der Waals surface area contributed by atoms with Crippen LogP contribution in [0.15, 0.2) is 47.4 Å². The molecule has 0 heterocycles. The van der Waals surface area contributed by atoms with Gasteiger partial charge in [0.25, 0.3) is 0 Å². The van der Waals surface area contributed by atoms with Crippen molar-refractivity contribution in [3.63, 3.8) is 0 Å². The molecule has 0 radical (unpaired) electrons. The molecule has 0 N–H and O–H groups in total. The summed E-state index contributed by atoms with van der Waals surface area (Å²) in [5.41, 5.74) is -1.01. The van der Waals surface area contributed by atoms with Gasteiger partial charge in [-0.1, -0.05) is 64.6 Å². The Kier molecular flexibility index (Phi) is 8.99. The Balaban J connectivity index is 2.09. The number of para-hydroxylation sites is 1. The normalized spacial score (nSPS) is 11.3. The number of ether oxygens (including phenoxy) is 2. The summed E-state index contributed by atoms with van der Waals surface area (Å²) in [4.78, 5) is 25.5. The first-order valence-electron chi connectivity index (χ1n) is 8.63. The van der Waals surface area contributed by atoms with Crippen LogP contribution in [0.1, 0.15) is 20.7 Å². The van der Waals surface area contributed by atoms with Crippen LogP contribution in [0.3, 0.4) is 0 Å². The number of esters is 2. The number of hydrogen-bond acceptors (Lipinski definition) is 7. The van der Waals surface area contributed by atoms with Gasteiger partial charge < -0.3 is 14.0 Å². The van der Waals surface area contributed by atoms with Gasteiger partial charge in [0.1, 0.15) is 21.6 Å². The van der Waals surface area contributed by atoms with E-state index in [-0.39, 0.29) is 33.7 Å². The SMILES string of the molecule is O=C(Oc1ccccc1)c1c(Cl)c(Cl)c(Cl)c(Cl)c1C(=O)Oc1cc(I)c(S(=O)(=O)[O-])c(I)c1. The van der Waals surface area contributed by atoms with E-state index in [0.29, 0.717) is 0 Å². The largest absolute Gasteiger partial charge is 0.744 e. The molecule has 0 saturated carbocycles. The second-order valence-electron chi connectivity index (χ2n) is 6.27. The summed E-state index contributed by atoms with van der Waals surface area (Å²) in [6.45, 7) is 0. The molecule has 0 amide bonds. The minimum absolute atomic E-state index is 0.0179. The highest BCUT2D eigenvalue weighted by Crippen LogP contribution is 2.42. The van der Waals surface area contributed by atoms with E-state index >= 15 is 0 Å². The Morgan fingerprint density at radius 3 is 1.56 bits per heavy atom. The second-order valence-corrected chi connectivity index (χ2v) is 11.4. The molecule has 0 unspecified atom stereocenters. The first-order valence-corrected chi connectivity index (χ1v) is 13.7. The molecule has 7 nitrogen and oxygen atoms in total. The van der Waals surface area contributed by atoms with Gasteiger partial charge in [0.05, 0.1) is 36.1 Å². The van der Waals surface area contributed by atoms with E-state index in [2.05, 4.69) is 0 Å². The van der Waals surface area contributed by atoms with Gasteiger partial charge in [-0.05, 0) is 69.4 Å². The molecule has 0 fully saturated rings. The molecule has 0 aliphatic carbocycles. The zero-order chi connectivity index (χ0) is 25.4. The van der Waals surface area contributed by atoms with Crippen molar-refractivity contribution < 1.29 is 32.0 Å². The third-order valence-electron chi connectivity index (χ3n) is 4.06. The molecular weight excluding hydrogens is 780 g/mol. The summed E-state index contributed by atoms with van der Waals surface area (Å²) in [7, 11) is -4.77. The van der Waals surface area contributed by atoms with Crippen molar-refractivity contribution in [1.29, 1.82) is 0 Å². The van der Waals surface area contributed by atoms with Crippen molar-refractivity contribution >= 4 is 114 Å². The third kappa shape index (κ3) is 5.91. The van der Waals surface area contributed by atoms with E-state index in [9.17, 15) is 22.6 Å². The Bertz CT molecular complexity index is 1410. The summed E-state index contributed by atoms with van der Waals surface area (Å²) in [6.07, 6.45) is 0. The van der Waals surface area contributed by atoms with Crippen LogP contribution in [0.25, 0.3) is 0 Å². The van der Waals surface area contributed by atoms with Crippen LogP contribution in [-0.4, -0.2) is 24.9 Å². The fourth-order valence-corrected chi connectivity index (χ4v) is 7.59. The van der Waals surface area contributed by atoms with Crippen LogP contribution in [0.5, 0.6) is 11.5 Å². The van der Waals surface area contributed by atoms with Crippen molar-refractivity contribution in [2.75, 3.05) is 0 Å². The zero-order valence-corrected chi connectivity index (χ0v) is 24.2. The molecule has 3 aromatic carbocycles. The molecule has 14 heteroatoms. The molecule has 0 bridgehead atoms. The molecule has 3 rings (SSSR count). The van der Waals surface area contributed by atoms with Gasteiger partial charge in [-0.2, -0.15) is 0 Å². The maximum absolute atomic E-state index is 13.1. The Hall–Kier alpha value is -0.870. The van der Waals surface area contributed by atoms with E-state index < -0.39 is 43.1 Å². The van der Waals surface area contributed by atoms with Gasteiger partial charge in [0.15, 0.2) is 0 Å². The van der Waals surface area contributed by atoms with E-state index in [1.54, 1.807) is 63.4 Å². The van der Waals surface area contributed by atoms with Crippen LogP contribution in [0.4, 0.5) is 0 Å². The lowest BCUT2D eigenvalue weighted by atomic mass is 10.1. The summed E-state index contributed by atoms with van der Waals surface area (Å²) >= 11 is 27.8. The Morgan fingerprint density at radius 2 is 1.15 bits per heavy atom. The summed E-state index contributed by atoms with van der Waals surface area (Å²) in [6, 6.07) is 10.2. The minimum Gasteiger partial charge on any atom is -0.744 e. The van der Waals surface area contributed by atoms with Gasteiger partial charge >= 0.3 is 11.9 Å². The minimum atomic E-state index is -4.77. The first kappa shape index (κ1) is 27.7. The third-order valence-corrected chi connectivity index (χ3v) is 9.24. The average Bonchev–Trinajstić information content (AvgIpc) is 2.73. The first-order chi connectivity index (χ1) is 15.8. The van der Waals surface area contributed by atoms with E-state index in [1.807, 2.05) is 0 Å². The summed E-state index contributed by atoms with van der Waals surface area (Å²) in [5.74, 6) is -2.19. The van der Waals surface area contributed by atoms with Crippen molar-refractivity contribution in [2.45, 2.75) is 4.90 Å². The van der Waals surface area contributed by atoms with Gasteiger partial charge in [-0.15, -0.1) is 0 Å². The summed E-state index contributed by atoms with van der Waals surface area (Å²) < 4.78 is 45.0. The molecule has 0 aliphatic heterocycles. The summed E-state index contributed by atoms with van der Waals surface area (Å²) in [5, 5.41) is -1.38. The number of carbonyl (C=O) groups excluding carboxylic acids is 2. The highest BCUT2D eigenvalue weighted by Gasteiger charge is 2.31. The highest BCUT2D eigenvalue weighted by atomic mass is 127. The number of rotatable bonds is 5. The van der Waals surface area contributed by atoms with Crippen molar-refractivity contribution in [1.82, 2.24) is 0 Å². The Morgan fingerprint density at radius 1 is 0.735 bits per heavy atom. The topological polar surface area (TPSA) is 110 Å². The van der Waals surface area contributed by atoms with Gasteiger partial charge in [-0.3, -0.25) is 0 Å².